The lowest BCUT2D eigenvalue weighted by molar-refractivity contribution is -0.123. The highest BCUT2D eigenvalue weighted by Crippen LogP contribution is 2.23. The van der Waals surface area contributed by atoms with Crippen LogP contribution in [0.5, 0.6) is 0 Å². The van der Waals surface area contributed by atoms with Gasteiger partial charge >= 0.3 is 0 Å². The van der Waals surface area contributed by atoms with Gasteiger partial charge in [-0.1, -0.05) is 0 Å². The van der Waals surface area contributed by atoms with Crippen molar-refractivity contribution >= 4 is 11.8 Å². The lowest BCUT2D eigenvalue weighted by Gasteiger charge is -2.30. The Balaban J connectivity index is 1.67. The van der Waals surface area contributed by atoms with Gasteiger partial charge in [0.2, 0.25) is 11.8 Å². The number of carbonyl (C=O) groups is 2. The van der Waals surface area contributed by atoms with Gasteiger partial charge in [0.15, 0.2) is 0 Å². The minimum Gasteiger partial charge on any atom is -0.369 e. The molecule has 0 radical (unpaired) electrons. The van der Waals surface area contributed by atoms with Crippen LogP contribution in [0.15, 0.2) is 0 Å². The molecular formula is C13H24N4O2. The van der Waals surface area contributed by atoms with Crippen LogP contribution >= 0.6 is 0 Å². The number of nitrogens with two attached hydrogens (primary N) is 1. The summed E-state index contributed by atoms with van der Waals surface area (Å²) in [7, 11) is 0. The molecule has 1 heterocycles. The first-order valence-corrected chi connectivity index (χ1v) is 7.17. The summed E-state index contributed by atoms with van der Waals surface area (Å²) in [6.07, 6.45) is 3.32. The lowest BCUT2D eigenvalue weighted by Crippen LogP contribution is -2.49. The number of hydrogen-bond acceptors (Lipinski definition) is 4. The normalized spacial score (nSPS) is 28.8. The Kier molecular flexibility index (Phi) is 5.15. The fourth-order valence-corrected chi connectivity index (χ4v) is 2.87. The molecule has 0 atom stereocenters. The maximum atomic E-state index is 11.9. The van der Waals surface area contributed by atoms with Gasteiger partial charge in [-0.2, -0.15) is 0 Å². The van der Waals surface area contributed by atoms with Gasteiger partial charge < -0.3 is 16.4 Å². The molecule has 6 nitrogen and oxygen atoms in total. The Morgan fingerprint density at radius 1 is 1.16 bits per heavy atom. The van der Waals surface area contributed by atoms with Crippen molar-refractivity contribution in [2.45, 2.75) is 31.7 Å². The van der Waals surface area contributed by atoms with E-state index in [9.17, 15) is 9.59 Å². The Bertz CT molecular complexity index is 321. The second kappa shape index (κ2) is 6.86. The lowest BCUT2D eigenvalue weighted by atomic mass is 9.85. The molecule has 19 heavy (non-hydrogen) atoms. The molecule has 0 aromatic heterocycles. The molecule has 2 aliphatic rings. The van der Waals surface area contributed by atoms with E-state index in [-0.39, 0.29) is 23.8 Å². The predicted octanol–water partition coefficient (Wildman–Crippen LogP) is -0.948. The number of amides is 2. The molecule has 0 spiro atoms. The summed E-state index contributed by atoms with van der Waals surface area (Å²) in [5.41, 5.74) is 5.30. The topological polar surface area (TPSA) is 87.5 Å². The van der Waals surface area contributed by atoms with E-state index >= 15 is 0 Å². The van der Waals surface area contributed by atoms with E-state index in [4.69, 9.17) is 5.73 Å². The van der Waals surface area contributed by atoms with Crippen molar-refractivity contribution in [1.82, 2.24) is 15.5 Å². The van der Waals surface area contributed by atoms with Crippen molar-refractivity contribution in [1.29, 1.82) is 0 Å². The SMILES string of the molecule is NC(=O)C1CCC(NC(=O)CN2CCNCC2)CC1. The molecule has 2 fully saturated rings. The average molecular weight is 268 g/mol. The molecule has 6 heteroatoms. The van der Waals surface area contributed by atoms with Crippen molar-refractivity contribution in [3.05, 3.63) is 0 Å². The van der Waals surface area contributed by atoms with Crippen LogP contribution in [-0.2, 0) is 9.59 Å². The van der Waals surface area contributed by atoms with E-state index in [2.05, 4.69) is 15.5 Å². The fraction of sp³-hybridized carbons (Fsp3) is 0.846. The van der Waals surface area contributed by atoms with E-state index in [1.807, 2.05) is 0 Å². The number of rotatable bonds is 4. The van der Waals surface area contributed by atoms with Gasteiger partial charge in [-0.05, 0) is 25.7 Å². The van der Waals surface area contributed by atoms with Crippen LogP contribution in [0.4, 0.5) is 0 Å². The summed E-state index contributed by atoms with van der Waals surface area (Å²) in [6.45, 7) is 4.26. The molecular weight excluding hydrogens is 244 g/mol. The average Bonchev–Trinajstić information content (AvgIpc) is 2.40. The van der Waals surface area contributed by atoms with Gasteiger partial charge in [-0.15, -0.1) is 0 Å². The number of carbonyl (C=O) groups excluding carboxylic acids is 2. The van der Waals surface area contributed by atoms with Crippen LogP contribution in [0.2, 0.25) is 0 Å². The van der Waals surface area contributed by atoms with Gasteiger partial charge in [0.25, 0.3) is 0 Å². The number of primary amides is 1. The third-order valence-corrected chi connectivity index (χ3v) is 4.07. The van der Waals surface area contributed by atoms with Crippen molar-refractivity contribution in [2.75, 3.05) is 32.7 Å². The molecule has 1 saturated heterocycles. The summed E-state index contributed by atoms with van der Waals surface area (Å²) in [5.74, 6) is -0.101. The minimum atomic E-state index is -0.203. The monoisotopic (exact) mass is 268 g/mol. The Morgan fingerprint density at radius 3 is 2.37 bits per heavy atom. The van der Waals surface area contributed by atoms with Gasteiger partial charge in [0.1, 0.15) is 0 Å². The standard InChI is InChI=1S/C13H24N4O2/c14-13(19)10-1-3-11(4-2-10)16-12(18)9-17-7-5-15-6-8-17/h10-11,15H,1-9H2,(H2,14,19)(H,16,18). The predicted molar refractivity (Wildman–Crippen MR) is 72.4 cm³/mol. The second-order valence-electron chi connectivity index (χ2n) is 5.54. The van der Waals surface area contributed by atoms with Crippen LogP contribution in [-0.4, -0.2) is 55.5 Å². The highest BCUT2D eigenvalue weighted by Gasteiger charge is 2.25. The molecule has 108 valence electrons. The smallest absolute Gasteiger partial charge is 0.234 e. The summed E-state index contributed by atoms with van der Waals surface area (Å²) in [6, 6.07) is 0.214. The number of nitrogens with zero attached hydrogens (tertiary/aromatic N) is 1. The first kappa shape index (κ1) is 14.3. The van der Waals surface area contributed by atoms with E-state index < -0.39 is 0 Å². The van der Waals surface area contributed by atoms with Crippen LogP contribution in [0.25, 0.3) is 0 Å². The van der Waals surface area contributed by atoms with Gasteiger partial charge in [0.05, 0.1) is 6.54 Å². The molecule has 0 aromatic rings. The van der Waals surface area contributed by atoms with Crippen molar-refractivity contribution in [2.24, 2.45) is 11.7 Å². The highest BCUT2D eigenvalue weighted by molar-refractivity contribution is 5.78. The van der Waals surface area contributed by atoms with E-state index in [1.165, 1.54) is 0 Å². The molecule has 2 amide bonds. The van der Waals surface area contributed by atoms with Crippen LogP contribution in [0.3, 0.4) is 0 Å². The Hall–Kier alpha value is -1.14. The number of hydrogen-bond donors (Lipinski definition) is 3. The second-order valence-corrected chi connectivity index (χ2v) is 5.54. The largest absolute Gasteiger partial charge is 0.369 e. The van der Waals surface area contributed by atoms with Gasteiger partial charge in [-0.25, -0.2) is 0 Å². The molecule has 1 aliphatic heterocycles. The highest BCUT2D eigenvalue weighted by atomic mass is 16.2. The third-order valence-electron chi connectivity index (χ3n) is 4.07. The maximum Gasteiger partial charge on any atom is 0.234 e. The van der Waals surface area contributed by atoms with Gasteiger partial charge in [0, 0.05) is 38.1 Å². The molecule has 0 bridgehead atoms. The summed E-state index contributed by atoms with van der Waals surface area (Å²) in [4.78, 5) is 25.2. The maximum absolute atomic E-state index is 11.9. The molecule has 0 aromatic carbocycles. The Morgan fingerprint density at radius 2 is 1.79 bits per heavy atom. The first-order chi connectivity index (χ1) is 9.15. The molecule has 4 N–H and O–H groups in total. The zero-order valence-electron chi connectivity index (χ0n) is 11.4. The molecule has 2 rings (SSSR count). The number of piperazine rings is 1. The summed E-state index contributed by atoms with van der Waals surface area (Å²) in [5, 5.41) is 6.34. The van der Waals surface area contributed by atoms with Crippen molar-refractivity contribution in [3.8, 4) is 0 Å². The van der Waals surface area contributed by atoms with E-state index in [0.717, 1.165) is 51.9 Å². The third kappa shape index (κ3) is 4.47. The quantitative estimate of drug-likeness (QED) is 0.613. The molecule has 1 aliphatic carbocycles. The van der Waals surface area contributed by atoms with Crippen LogP contribution in [0, 0.1) is 5.92 Å². The molecule has 0 unspecified atom stereocenters. The minimum absolute atomic E-state index is 0.00122. The zero-order valence-corrected chi connectivity index (χ0v) is 11.4. The van der Waals surface area contributed by atoms with E-state index in [1.54, 1.807) is 0 Å². The molecule has 1 saturated carbocycles. The van der Waals surface area contributed by atoms with Crippen molar-refractivity contribution in [3.63, 3.8) is 0 Å². The summed E-state index contributed by atoms with van der Waals surface area (Å²) >= 11 is 0. The van der Waals surface area contributed by atoms with Gasteiger partial charge in [-0.3, -0.25) is 14.5 Å². The zero-order chi connectivity index (χ0) is 13.7. The number of nitrogens with one attached hydrogen (secondary N) is 2. The first-order valence-electron chi connectivity index (χ1n) is 7.17. The fourth-order valence-electron chi connectivity index (χ4n) is 2.87. The summed E-state index contributed by atoms with van der Waals surface area (Å²) < 4.78 is 0. The van der Waals surface area contributed by atoms with Crippen LogP contribution < -0.4 is 16.4 Å². The Labute approximate surface area is 114 Å². The van der Waals surface area contributed by atoms with Crippen molar-refractivity contribution < 1.29 is 9.59 Å². The van der Waals surface area contributed by atoms with Crippen LogP contribution in [0.1, 0.15) is 25.7 Å². The van der Waals surface area contributed by atoms with E-state index in [0.29, 0.717) is 6.54 Å².